The molecule has 0 radical (unpaired) electrons. The number of rotatable bonds is 5. The van der Waals surface area contributed by atoms with Crippen LogP contribution in [0.25, 0.3) is 11.8 Å². The van der Waals surface area contributed by atoms with E-state index in [-0.39, 0.29) is 17.6 Å². The van der Waals surface area contributed by atoms with Crippen LogP contribution in [0.1, 0.15) is 21.6 Å². The summed E-state index contributed by atoms with van der Waals surface area (Å²) in [5.74, 6) is -0.890. The van der Waals surface area contributed by atoms with Crippen LogP contribution in [0.15, 0.2) is 54.6 Å². The topological polar surface area (TPSA) is 67.2 Å². The third kappa shape index (κ3) is 4.75. The van der Waals surface area contributed by atoms with Gasteiger partial charge in [-0.3, -0.25) is 9.59 Å². The zero-order valence-corrected chi connectivity index (χ0v) is 17.4. The van der Waals surface area contributed by atoms with Crippen LogP contribution in [-0.4, -0.2) is 40.6 Å². The summed E-state index contributed by atoms with van der Waals surface area (Å²) in [7, 11) is 3.32. The number of aromatic nitrogens is 2. The second-order valence-electron chi connectivity index (χ2n) is 6.78. The predicted molar refractivity (Wildman–Crippen MR) is 115 cm³/mol. The minimum Gasteiger partial charge on any atom is -0.345 e. The molecule has 0 saturated heterocycles. The minimum atomic E-state index is -0.380. The van der Waals surface area contributed by atoms with Crippen LogP contribution in [-0.2, 0) is 4.79 Å². The quantitative estimate of drug-likeness (QED) is 0.617. The van der Waals surface area contributed by atoms with Gasteiger partial charge < -0.3 is 10.2 Å². The first-order chi connectivity index (χ1) is 14.3. The number of carbonyl (C=O) groups is 2. The number of carbonyl (C=O) groups excluding carboxylic acids is 2. The van der Waals surface area contributed by atoms with Crippen molar-refractivity contribution in [1.29, 1.82) is 0 Å². The Bertz CT molecular complexity index is 1120. The van der Waals surface area contributed by atoms with Gasteiger partial charge in [0.15, 0.2) is 0 Å². The monoisotopic (exact) mass is 426 g/mol. The fraction of sp³-hybridized carbons (Fsp3) is 0.136. The molecule has 8 heteroatoms. The fourth-order valence-electron chi connectivity index (χ4n) is 2.79. The number of aryl methyl sites for hydroxylation is 1. The number of anilines is 1. The van der Waals surface area contributed by atoms with Crippen molar-refractivity contribution in [3.05, 3.63) is 82.4 Å². The SMILES string of the molecule is Cc1nn(-c2ccc(F)cc2)c(Cl)c1/C=C/C(=O)Nc1cccc(C(=O)N(C)C)c1. The number of benzene rings is 2. The van der Waals surface area contributed by atoms with E-state index in [9.17, 15) is 14.0 Å². The zero-order chi connectivity index (χ0) is 21.8. The molecule has 0 aliphatic rings. The Balaban J connectivity index is 1.76. The normalized spacial score (nSPS) is 11.0. The van der Waals surface area contributed by atoms with Crippen LogP contribution in [0.5, 0.6) is 0 Å². The van der Waals surface area contributed by atoms with Gasteiger partial charge in [-0.15, -0.1) is 0 Å². The lowest BCUT2D eigenvalue weighted by molar-refractivity contribution is -0.111. The second kappa shape index (κ2) is 8.92. The van der Waals surface area contributed by atoms with Gasteiger partial charge in [0.1, 0.15) is 11.0 Å². The Morgan fingerprint density at radius 3 is 2.53 bits per heavy atom. The maximum Gasteiger partial charge on any atom is 0.253 e. The van der Waals surface area contributed by atoms with Crippen molar-refractivity contribution in [2.75, 3.05) is 19.4 Å². The van der Waals surface area contributed by atoms with Crippen molar-refractivity contribution in [3.63, 3.8) is 0 Å². The third-order valence-electron chi connectivity index (χ3n) is 4.30. The van der Waals surface area contributed by atoms with E-state index < -0.39 is 0 Å². The highest BCUT2D eigenvalue weighted by Gasteiger charge is 2.13. The van der Waals surface area contributed by atoms with Crippen molar-refractivity contribution in [2.45, 2.75) is 6.92 Å². The first-order valence-corrected chi connectivity index (χ1v) is 9.46. The third-order valence-corrected chi connectivity index (χ3v) is 4.67. The van der Waals surface area contributed by atoms with Gasteiger partial charge in [-0.05, 0) is 55.5 Å². The summed E-state index contributed by atoms with van der Waals surface area (Å²) in [6.45, 7) is 1.76. The second-order valence-corrected chi connectivity index (χ2v) is 7.14. The lowest BCUT2D eigenvalue weighted by atomic mass is 10.2. The van der Waals surface area contributed by atoms with E-state index in [0.29, 0.717) is 33.3 Å². The molecule has 0 aliphatic heterocycles. The van der Waals surface area contributed by atoms with E-state index in [1.54, 1.807) is 63.5 Å². The van der Waals surface area contributed by atoms with E-state index in [1.165, 1.54) is 27.8 Å². The van der Waals surface area contributed by atoms with Gasteiger partial charge in [0.25, 0.3) is 5.91 Å². The summed E-state index contributed by atoms with van der Waals surface area (Å²) in [5, 5.41) is 7.39. The largest absolute Gasteiger partial charge is 0.345 e. The van der Waals surface area contributed by atoms with Gasteiger partial charge in [0.2, 0.25) is 5.91 Å². The lowest BCUT2D eigenvalue weighted by Crippen LogP contribution is -2.21. The van der Waals surface area contributed by atoms with Crippen molar-refractivity contribution < 1.29 is 14.0 Å². The molecule has 0 fully saturated rings. The molecular weight excluding hydrogens is 407 g/mol. The summed E-state index contributed by atoms with van der Waals surface area (Å²) in [5.41, 5.74) is 2.78. The molecule has 154 valence electrons. The maximum atomic E-state index is 13.1. The average molecular weight is 427 g/mol. The predicted octanol–water partition coefficient (Wildman–Crippen LogP) is 4.33. The summed E-state index contributed by atoms with van der Waals surface area (Å²) in [6, 6.07) is 12.5. The standard InChI is InChI=1S/C22H20ClFN4O2/c1-14-19(21(23)28(26-14)18-9-7-16(24)8-10-18)11-12-20(29)25-17-6-4-5-15(13-17)22(30)27(2)3/h4-13H,1-3H3,(H,25,29)/b12-11+. The Labute approximate surface area is 178 Å². The van der Waals surface area contributed by atoms with Crippen LogP contribution in [0.2, 0.25) is 5.15 Å². The van der Waals surface area contributed by atoms with Crippen LogP contribution in [0.4, 0.5) is 10.1 Å². The van der Waals surface area contributed by atoms with Crippen LogP contribution in [0, 0.1) is 12.7 Å². The number of hydrogen-bond donors (Lipinski definition) is 1. The zero-order valence-electron chi connectivity index (χ0n) is 16.7. The number of hydrogen-bond acceptors (Lipinski definition) is 3. The minimum absolute atomic E-state index is 0.155. The Hall–Kier alpha value is -3.45. The van der Waals surface area contributed by atoms with Crippen LogP contribution < -0.4 is 5.32 Å². The molecule has 0 aliphatic carbocycles. The molecule has 1 aromatic heterocycles. The molecule has 0 saturated carbocycles. The molecule has 2 amide bonds. The summed E-state index contributed by atoms with van der Waals surface area (Å²) in [4.78, 5) is 25.9. The van der Waals surface area contributed by atoms with Gasteiger partial charge >= 0.3 is 0 Å². The molecule has 30 heavy (non-hydrogen) atoms. The Kier molecular flexibility index (Phi) is 6.32. The molecule has 0 unspecified atom stereocenters. The summed E-state index contributed by atoms with van der Waals surface area (Å²) < 4.78 is 14.6. The van der Waals surface area contributed by atoms with Gasteiger partial charge in [0.05, 0.1) is 11.4 Å². The molecule has 3 aromatic rings. The highest BCUT2D eigenvalue weighted by molar-refractivity contribution is 6.31. The smallest absolute Gasteiger partial charge is 0.253 e. The molecule has 0 bridgehead atoms. The first kappa shape index (κ1) is 21.3. The number of halogens is 2. The van der Waals surface area contributed by atoms with E-state index >= 15 is 0 Å². The summed E-state index contributed by atoms with van der Waals surface area (Å²) >= 11 is 6.41. The van der Waals surface area contributed by atoms with E-state index in [0.717, 1.165) is 0 Å². The highest BCUT2D eigenvalue weighted by Crippen LogP contribution is 2.25. The van der Waals surface area contributed by atoms with Crippen LogP contribution in [0.3, 0.4) is 0 Å². The molecule has 1 heterocycles. The van der Waals surface area contributed by atoms with Crippen molar-refractivity contribution in [3.8, 4) is 5.69 Å². The molecule has 3 rings (SSSR count). The van der Waals surface area contributed by atoms with Gasteiger partial charge in [0, 0.05) is 37.0 Å². The van der Waals surface area contributed by atoms with Crippen molar-refractivity contribution >= 4 is 35.2 Å². The molecule has 1 N–H and O–H groups in total. The average Bonchev–Trinajstić information content (AvgIpc) is 3.00. The molecule has 0 spiro atoms. The van der Waals surface area contributed by atoms with E-state index in [2.05, 4.69) is 10.4 Å². The Morgan fingerprint density at radius 2 is 1.87 bits per heavy atom. The van der Waals surface area contributed by atoms with Crippen molar-refractivity contribution in [1.82, 2.24) is 14.7 Å². The molecular formula is C22H20ClFN4O2. The Morgan fingerprint density at radius 1 is 1.17 bits per heavy atom. The number of nitrogens with one attached hydrogen (secondary N) is 1. The van der Waals surface area contributed by atoms with Crippen molar-refractivity contribution in [2.24, 2.45) is 0 Å². The highest BCUT2D eigenvalue weighted by atomic mass is 35.5. The lowest BCUT2D eigenvalue weighted by Gasteiger charge is -2.11. The molecule has 0 atom stereocenters. The summed E-state index contributed by atoms with van der Waals surface area (Å²) in [6.07, 6.45) is 2.90. The van der Waals surface area contributed by atoms with Crippen LogP contribution >= 0.6 is 11.6 Å². The molecule has 6 nitrogen and oxygen atoms in total. The maximum absolute atomic E-state index is 13.1. The van der Waals surface area contributed by atoms with E-state index in [4.69, 9.17) is 11.6 Å². The number of amides is 2. The number of nitrogens with zero attached hydrogens (tertiary/aromatic N) is 3. The first-order valence-electron chi connectivity index (χ1n) is 9.08. The van der Waals surface area contributed by atoms with E-state index in [1.807, 2.05) is 0 Å². The van der Waals surface area contributed by atoms with Gasteiger partial charge in [-0.1, -0.05) is 17.7 Å². The van der Waals surface area contributed by atoms with Gasteiger partial charge in [-0.2, -0.15) is 5.10 Å². The fourth-order valence-corrected chi connectivity index (χ4v) is 3.12. The molecule has 2 aromatic carbocycles. The van der Waals surface area contributed by atoms with Gasteiger partial charge in [-0.25, -0.2) is 9.07 Å².